The highest BCUT2D eigenvalue weighted by molar-refractivity contribution is 5.90. The van der Waals surface area contributed by atoms with Crippen LogP contribution in [-0.4, -0.2) is 47.9 Å². The Morgan fingerprint density at radius 3 is 2.03 bits per heavy atom. The summed E-state index contributed by atoms with van der Waals surface area (Å²) in [6.07, 6.45) is 2.11. The normalized spacial score (nSPS) is 13.7. The largest absolute Gasteiger partial charge is 0.489 e. The van der Waals surface area contributed by atoms with Gasteiger partial charge in [-0.3, -0.25) is 14.5 Å². The molecule has 0 bridgehead atoms. The maximum atomic E-state index is 13.6. The number of nitrogens with one attached hydrogen (secondary N) is 2. The molecule has 0 saturated heterocycles. The van der Waals surface area contributed by atoms with Crippen molar-refractivity contribution >= 4 is 11.8 Å². The molecule has 0 saturated carbocycles. The lowest BCUT2D eigenvalue weighted by atomic mass is 9.91. The molecular weight excluding hydrogens is 486 g/mol. The summed E-state index contributed by atoms with van der Waals surface area (Å²) < 4.78 is 5.92. The van der Waals surface area contributed by atoms with Crippen molar-refractivity contribution < 1.29 is 14.3 Å². The molecule has 2 unspecified atom stereocenters. The first-order chi connectivity index (χ1) is 18.1. The van der Waals surface area contributed by atoms with E-state index in [1.807, 2.05) is 82.4 Å². The lowest BCUT2D eigenvalue weighted by Gasteiger charge is -2.32. The van der Waals surface area contributed by atoms with Crippen molar-refractivity contribution in [3.05, 3.63) is 65.7 Å². The van der Waals surface area contributed by atoms with Crippen molar-refractivity contribution in [1.82, 2.24) is 15.5 Å². The van der Waals surface area contributed by atoms with E-state index in [0.29, 0.717) is 18.9 Å². The first kappa shape index (κ1) is 32.4. The quantitative estimate of drug-likeness (QED) is 0.329. The number of nitrogens with zero attached hydrogens (tertiary/aromatic N) is 1. The molecule has 2 aromatic carbocycles. The van der Waals surface area contributed by atoms with Crippen LogP contribution in [0.2, 0.25) is 0 Å². The summed E-state index contributed by atoms with van der Waals surface area (Å²) in [7, 11) is 2.01. The van der Waals surface area contributed by atoms with Crippen molar-refractivity contribution in [3.63, 3.8) is 0 Å². The van der Waals surface area contributed by atoms with E-state index < -0.39 is 11.6 Å². The number of ether oxygens (including phenoxy) is 1. The molecule has 0 aliphatic rings. The fraction of sp³-hybridized carbons (Fsp3) is 0.576. The van der Waals surface area contributed by atoms with Crippen LogP contribution in [0.1, 0.15) is 79.4 Å². The standard InChI is InChI=1S/C33H51N3O3/c1-24(2)21-29(36(9)20-19-32(3,4)5)31(38)34-28(30(37)35-33(6,7)8)22-25-15-17-27(18-16-25)39-23-26-13-11-10-12-14-26/h10-18,24,28-29H,19-23H2,1-9H3,(H,34,38)(H,35,37). The molecule has 39 heavy (non-hydrogen) atoms. The summed E-state index contributed by atoms with van der Waals surface area (Å²) in [6, 6.07) is 16.8. The highest BCUT2D eigenvalue weighted by Gasteiger charge is 2.30. The Hall–Kier alpha value is -2.86. The number of hydrogen-bond donors (Lipinski definition) is 2. The molecule has 0 aliphatic heterocycles. The minimum atomic E-state index is -0.682. The first-order valence-corrected chi connectivity index (χ1v) is 14.2. The highest BCUT2D eigenvalue weighted by atomic mass is 16.5. The van der Waals surface area contributed by atoms with Gasteiger partial charge in [0, 0.05) is 12.0 Å². The summed E-state index contributed by atoms with van der Waals surface area (Å²) in [5, 5.41) is 6.17. The van der Waals surface area contributed by atoms with Crippen LogP contribution in [0.15, 0.2) is 54.6 Å². The van der Waals surface area contributed by atoms with Crippen LogP contribution < -0.4 is 15.4 Å². The van der Waals surface area contributed by atoms with Gasteiger partial charge in [0.15, 0.2) is 0 Å². The highest BCUT2D eigenvalue weighted by Crippen LogP contribution is 2.21. The van der Waals surface area contributed by atoms with E-state index in [4.69, 9.17) is 4.74 Å². The molecule has 0 radical (unpaired) electrons. The number of likely N-dealkylation sites (N-methyl/N-ethyl adjacent to an activating group) is 1. The van der Waals surface area contributed by atoms with E-state index in [1.54, 1.807) is 0 Å². The molecule has 0 aromatic heterocycles. The molecule has 2 aromatic rings. The average molecular weight is 538 g/mol. The summed E-state index contributed by atoms with van der Waals surface area (Å²) in [5.41, 5.74) is 1.83. The second-order valence-corrected chi connectivity index (χ2v) is 13.4. The van der Waals surface area contributed by atoms with Gasteiger partial charge in [-0.15, -0.1) is 0 Å². The van der Waals surface area contributed by atoms with Gasteiger partial charge in [-0.1, -0.05) is 77.1 Å². The zero-order valence-corrected chi connectivity index (χ0v) is 25.6. The van der Waals surface area contributed by atoms with E-state index in [9.17, 15) is 9.59 Å². The molecule has 2 N–H and O–H groups in total. The van der Waals surface area contributed by atoms with Crippen LogP contribution in [0.3, 0.4) is 0 Å². The van der Waals surface area contributed by atoms with Gasteiger partial charge < -0.3 is 15.4 Å². The predicted molar refractivity (Wildman–Crippen MR) is 161 cm³/mol. The van der Waals surface area contributed by atoms with Crippen LogP contribution in [0.4, 0.5) is 0 Å². The third-order valence-electron chi connectivity index (χ3n) is 6.49. The summed E-state index contributed by atoms with van der Waals surface area (Å²) >= 11 is 0. The minimum absolute atomic E-state index is 0.100. The molecule has 0 heterocycles. The first-order valence-electron chi connectivity index (χ1n) is 14.2. The van der Waals surface area contributed by atoms with Gasteiger partial charge in [-0.25, -0.2) is 0 Å². The second kappa shape index (κ2) is 14.5. The van der Waals surface area contributed by atoms with Gasteiger partial charge in [0.2, 0.25) is 11.8 Å². The minimum Gasteiger partial charge on any atom is -0.489 e. The maximum absolute atomic E-state index is 13.6. The zero-order chi connectivity index (χ0) is 29.2. The molecule has 216 valence electrons. The molecule has 0 aliphatic carbocycles. The van der Waals surface area contributed by atoms with E-state index in [0.717, 1.165) is 36.3 Å². The van der Waals surface area contributed by atoms with Crippen LogP contribution >= 0.6 is 0 Å². The maximum Gasteiger partial charge on any atom is 0.243 e. The molecule has 0 spiro atoms. The van der Waals surface area contributed by atoms with Gasteiger partial charge in [-0.05, 0) is 81.8 Å². The fourth-order valence-electron chi connectivity index (χ4n) is 4.23. The smallest absolute Gasteiger partial charge is 0.243 e. The number of hydrogen-bond acceptors (Lipinski definition) is 4. The summed E-state index contributed by atoms with van der Waals surface area (Å²) in [4.78, 5) is 29.1. The molecule has 2 rings (SSSR count). The second-order valence-electron chi connectivity index (χ2n) is 13.4. The molecule has 0 fully saturated rings. The topological polar surface area (TPSA) is 70.7 Å². The SMILES string of the molecule is CC(C)CC(C(=O)NC(Cc1ccc(OCc2ccccc2)cc1)C(=O)NC(C)(C)C)N(C)CCC(C)(C)C. The van der Waals surface area contributed by atoms with E-state index in [2.05, 4.69) is 50.2 Å². The number of rotatable bonds is 13. The van der Waals surface area contributed by atoms with Crippen molar-refractivity contribution in [2.45, 2.75) is 98.9 Å². The van der Waals surface area contributed by atoms with E-state index >= 15 is 0 Å². The van der Waals surface area contributed by atoms with Crippen molar-refractivity contribution in [2.75, 3.05) is 13.6 Å². The van der Waals surface area contributed by atoms with Crippen LogP contribution in [0, 0.1) is 11.3 Å². The number of benzene rings is 2. The molecule has 2 amide bonds. The number of carbonyl (C=O) groups is 2. The Bertz CT molecular complexity index is 1020. The average Bonchev–Trinajstić information content (AvgIpc) is 2.84. The Balaban J connectivity index is 2.16. The Morgan fingerprint density at radius 2 is 1.49 bits per heavy atom. The number of amides is 2. The third-order valence-corrected chi connectivity index (χ3v) is 6.49. The Kier molecular flexibility index (Phi) is 12.0. The van der Waals surface area contributed by atoms with Crippen LogP contribution in [-0.2, 0) is 22.6 Å². The van der Waals surface area contributed by atoms with Crippen molar-refractivity contribution in [1.29, 1.82) is 0 Å². The lowest BCUT2D eigenvalue weighted by molar-refractivity contribution is -0.132. The van der Waals surface area contributed by atoms with E-state index in [1.165, 1.54) is 0 Å². The lowest BCUT2D eigenvalue weighted by Crippen LogP contribution is -2.56. The Labute approximate surface area is 236 Å². The molecule has 6 nitrogen and oxygen atoms in total. The van der Waals surface area contributed by atoms with Gasteiger partial charge >= 0.3 is 0 Å². The predicted octanol–water partition coefficient (Wildman–Crippen LogP) is 5.99. The van der Waals surface area contributed by atoms with Gasteiger partial charge in [0.05, 0.1) is 6.04 Å². The van der Waals surface area contributed by atoms with Crippen molar-refractivity contribution in [3.8, 4) is 5.75 Å². The van der Waals surface area contributed by atoms with Crippen LogP contribution in [0.25, 0.3) is 0 Å². The molecule has 6 heteroatoms. The number of carbonyl (C=O) groups excluding carboxylic acids is 2. The zero-order valence-electron chi connectivity index (χ0n) is 25.6. The fourth-order valence-corrected chi connectivity index (χ4v) is 4.23. The molecular formula is C33H51N3O3. The summed E-state index contributed by atoms with van der Waals surface area (Å²) in [6.45, 7) is 18.0. The van der Waals surface area contributed by atoms with Gasteiger partial charge in [0.25, 0.3) is 0 Å². The molecule has 2 atom stereocenters. The van der Waals surface area contributed by atoms with Crippen molar-refractivity contribution in [2.24, 2.45) is 11.3 Å². The summed E-state index contributed by atoms with van der Waals surface area (Å²) in [5.74, 6) is 0.834. The third kappa shape index (κ3) is 12.7. The van der Waals surface area contributed by atoms with Gasteiger partial charge in [-0.2, -0.15) is 0 Å². The Morgan fingerprint density at radius 1 is 0.872 bits per heavy atom. The van der Waals surface area contributed by atoms with Crippen LogP contribution in [0.5, 0.6) is 5.75 Å². The van der Waals surface area contributed by atoms with Gasteiger partial charge in [0.1, 0.15) is 18.4 Å². The monoisotopic (exact) mass is 537 g/mol. The van der Waals surface area contributed by atoms with E-state index in [-0.39, 0.29) is 23.3 Å².